The van der Waals surface area contributed by atoms with Crippen molar-refractivity contribution < 1.29 is 32.9 Å². The van der Waals surface area contributed by atoms with Gasteiger partial charge in [0.1, 0.15) is 17.3 Å². The molecule has 7 heteroatoms. The Labute approximate surface area is 177 Å². The van der Waals surface area contributed by atoms with Crippen LogP contribution in [0.5, 0.6) is 23.0 Å². The van der Waals surface area contributed by atoms with Crippen LogP contribution in [0.1, 0.15) is 26.3 Å². The maximum Gasteiger partial charge on any atom is 0.343 e. The fourth-order valence-electron chi connectivity index (χ4n) is 3.07. The lowest BCUT2D eigenvalue weighted by Gasteiger charge is -2.10. The van der Waals surface area contributed by atoms with Crippen LogP contribution >= 0.6 is 0 Å². The smallest absolute Gasteiger partial charge is 0.343 e. The molecule has 0 bridgehead atoms. The molecule has 0 atom stereocenters. The van der Waals surface area contributed by atoms with Gasteiger partial charge in [-0.05, 0) is 54.1 Å². The van der Waals surface area contributed by atoms with Gasteiger partial charge in [0.2, 0.25) is 5.78 Å². The van der Waals surface area contributed by atoms with Crippen LogP contribution in [0.4, 0.5) is 4.39 Å². The second-order valence-electron chi connectivity index (χ2n) is 6.61. The molecule has 0 unspecified atom stereocenters. The van der Waals surface area contributed by atoms with Gasteiger partial charge in [0.25, 0.3) is 0 Å². The van der Waals surface area contributed by atoms with Crippen LogP contribution in [-0.2, 0) is 0 Å². The maximum atomic E-state index is 13.1. The molecule has 0 saturated carbocycles. The first-order valence-electron chi connectivity index (χ1n) is 9.26. The second kappa shape index (κ2) is 8.31. The van der Waals surface area contributed by atoms with Gasteiger partial charge in [0.05, 0.1) is 25.3 Å². The summed E-state index contributed by atoms with van der Waals surface area (Å²) in [6.45, 7) is 0. The standard InChI is InChI=1S/C24H17FO6/c1-28-19-10-5-15(12-21(19)29-2)24(27)30-17-8-9-18-20(13-17)31-22(23(18)26)11-14-3-6-16(25)7-4-14/h3-13H,1-2H3/b22-11-. The van der Waals surface area contributed by atoms with E-state index in [1.807, 2.05) is 0 Å². The molecule has 156 valence electrons. The predicted octanol–water partition coefficient (Wildman–Crippen LogP) is 4.68. The number of carbonyl (C=O) groups excluding carboxylic acids is 2. The van der Waals surface area contributed by atoms with Gasteiger partial charge in [0, 0.05) is 6.07 Å². The van der Waals surface area contributed by atoms with Crippen molar-refractivity contribution in [2.75, 3.05) is 14.2 Å². The van der Waals surface area contributed by atoms with E-state index in [2.05, 4.69) is 0 Å². The van der Waals surface area contributed by atoms with Gasteiger partial charge in [-0.3, -0.25) is 4.79 Å². The van der Waals surface area contributed by atoms with Gasteiger partial charge in [0.15, 0.2) is 17.3 Å². The first-order valence-corrected chi connectivity index (χ1v) is 9.26. The van der Waals surface area contributed by atoms with E-state index >= 15 is 0 Å². The van der Waals surface area contributed by atoms with Crippen molar-refractivity contribution in [1.82, 2.24) is 0 Å². The molecular weight excluding hydrogens is 403 g/mol. The number of benzene rings is 3. The average Bonchev–Trinajstić information content (AvgIpc) is 3.09. The number of ether oxygens (including phenoxy) is 4. The molecule has 0 radical (unpaired) electrons. The van der Waals surface area contributed by atoms with E-state index in [9.17, 15) is 14.0 Å². The lowest BCUT2D eigenvalue weighted by Crippen LogP contribution is -2.09. The third kappa shape index (κ3) is 4.11. The highest BCUT2D eigenvalue weighted by Crippen LogP contribution is 2.35. The van der Waals surface area contributed by atoms with Crippen molar-refractivity contribution in [1.29, 1.82) is 0 Å². The van der Waals surface area contributed by atoms with Crippen LogP contribution < -0.4 is 18.9 Å². The fourth-order valence-corrected chi connectivity index (χ4v) is 3.07. The van der Waals surface area contributed by atoms with Gasteiger partial charge in [-0.2, -0.15) is 0 Å². The molecule has 1 aliphatic rings. The zero-order chi connectivity index (χ0) is 22.0. The molecule has 6 nitrogen and oxygen atoms in total. The number of fused-ring (bicyclic) bond motifs is 1. The summed E-state index contributed by atoms with van der Waals surface area (Å²) in [6.07, 6.45) is 1.52. The van der Waals surface area contributed by atoms with Crippen LogP contribution in [0.3, 0.4) is 0 Å². The number of ketones is 1. The van der Waals surface area contributed by atoms with Crippen molar-refractivity contribution in [3.63, 3.8) is 0 Å². The van der Waals surface area contributed by atoms with Gasteiger partial charge in [-0.1, -0.05) is 12.1 Å². The molecule has 0 saturated heterocycles. The van der Waals surface area contributed by atoms with E-state index in [-0.39, 0.29) is 34.4 Å². The van der Waals surface area contributed by atoms with E-state index in [4.69, 9.17) is 18.9 Å². The van der Waals surface area contributed by atoms with E-state index in [0.717, 1.165) is 0 Å². The third-order valence-corrected chi connectivity index (χ3v) is 4.64. The molecule has 0 aliphatic carbocycles. The highest BCUT2D eigenvalue weighted by molar-refractivity contribution is 6.14. The number of Topliss-reactive ketones (excluding diaryl/α,β-unsaturated/α-hetero) is 1. The van der Waals surface area contributed by atoms with E-state index < -0.39 is 5.97 Å². The molecule has 3 aromatic carbocycles. The van der Waals surface area contributed by atoms with Gasteiger partial charge < -0.3 is 18.9 Å². The summed E-state index contributed by atoms with van der Waals surface area (Å²) in [6, 6.07) is 14.9. The Morgan fingerprint density at radius 1 is 0.935 bits per heavy atom. The predicted molar refractivity (Wildman–Crippen MR) is 110 cm³/mol. The number of esters is 1. The first kappa shape index (κ1) is 20.2. The number of hydrogen-bond acceptors (Lipinski definition) is 6. The number of rotatable bonds is 5. The van der Waals surface area contributed by atoms with E-state index in [0.29, 0.717) is 22.6 Å². The summed E-state index contributed by atoms with van der Waals surface area (Å²) >= 11 is 0. The Hall–Kier alpha value is -4.13. The van der Waals surface area contributed by atoms with Crippen LogP contribution in [0.15, 0.2) is 66.4 Å². The molecule has 0 amide bonds. The minimum atomic E-state index is -0.604. The van der Waals surface area contributed by atoms with Gasteiger partial charge in [-0.15, -0.1) is 0 Å². The molecule has 31 heavy (non-hydrogen) atoms. The van der Waals surface area contributed by atoms with Crippen LogP contribution in [0.25, 0.3) is 6.08 Å². The van der Waals surface area contributed by atoms with Crippen LogP contribution in [-0.4, -0.2) is 26.0 Å². The lowest BCUT2D eigenvalue weighted by atomic mass is 10.1. The average molecular weight is 420 g/mol. The van der Waals surface area contributed by atoms with Crippen molar-refractivity contribution in [2.24, 2.45) is 0 Å². The second-order valence-corrected chi connectivity index (χ2v) is 6.61. The Bertz CT molecular complexity index is 1200. The summed E-state index contributed by atoms with van der Waals surface area (Å²) < 4.78 is 34.5. The molecule has 1 aliphatic heterocycles. The Morgan fingerprint density at radius 3 is 2.39 bits per heavy atom. The number of halogens is 1. The van der Waals surface area contributed by atoms with Crippen LogP contribution in [0, 0.1) is 5.82 Å². The monoisotopic (exact) mass is 420 g/mol. The molecule has 0 N–H and O–H groups in total. The van der Waals surface area contributed by atoms with Crippen LogP contribution in [0.2, 0.25) is 0 Å². The molecule has 0 fully saturated rings. The van der Waals surface area contributed by atoms with Crippen molar-refractivity contribution in [3.05, 3.63) is 88.9 Å². The maximum absolute atomic E-state index is 13.1. The molecular formula is C24H17FO6. The Balaban J connectivity index is 1.53. The van der Waals surface area contributed by atoms with Gasteiger partial charge >= 0.3 is 5.97 Å². The number of carbonyl (C=O) groups is 2. The Kier molecular flexibility index (Phi) is 5.41. The molecule has 0 aromatic heterocycles. The van der Waals surface area contributed by atoms with Crippen molar-refractivity contribution in [3.8, 4) is 23.0 Å². The zero-order valence-corrected chi connectivity index (χ0v) is 16.7. The highest BCUT2D eigenvalue weighted by atomic mass is 19.1. The summed E-state index contributed by atoms with van der Waals surface area (Å²) in [5.74, 6) is 0.198. The molecule has 1 heterocycles. The first-order chi connectivity index (χ1) is 15.0. The molecule has 0 spiro atoms. The summed E-state index contributed by atoms with van der Waals surface area (Å²) in [5.41, 5.74) is 1.24. The van der Waals surface area contributed by atoms with E-state index in [1.165, 1.54) is 68.8 Å². The normalized spacial score (nSPS) is 13.5. The minimum Gasteiger partial charge on any atom is -0.493 e. The summed E-state index contributed by atoms with van der Waals surface area (Å²) in [7, 11) is 2.97. The number of allylic oxidation sites excluding steroid dienone is 1. The number of methoxy groups -OCH3 is 2. The zero-order valence-electron chi connectivity index (χ0n) is 16.7. The molecule has 3 aromatic rings. The summed E-state index contributed by atoms with van der Waals surface area (Å²) in [5, 5.41) is 0. The van der Waals surface area contributed by atoms with E-state index in [1.54, 1.807) is 12.1 Å². The fraction of sp³-hybridized carbons (Fsp3) is 0.0833. The molecule has 4 rings (SSSR count). The largest absolute Gasteiger partial charge is 0.493 e. The van der Waals surface area contributed by atoms with Gasteiger partial charge in [-0.25, -0.2) is 9.18 Å². The minimum absolute atomic E-state index is 0.102. The third-order valence-electron chi connectivity index (χ3n) is 4.64. The van der Waals surface area contributed by atoms with Crippen molar-refractivity contribution in [2.45, 2.75) is 0 Å². The quantitative estimate of drug-likeness (QED) is 0.339. The number of hydrogen-bond donors (Lipinski definition) is 0. The lowest BCUT2D eigenvalue weighted by molar-refractivity contribution is 0.0734. The summed E-state index contributed by atoms with van der Waals surface area (Å²) in [4.78, 5) is 25.1. The highest BCUT2D eigenvalue weighted by Gasteiger charge is 2.28. The Morgan fingerprint density at radius 2 is 1.68 bits per heavy atom. The SMILES string of the molecule is COc1ccc(C(=O)Oc2ccc3c(c2)O/C(=C\c2ccc(F)cc2)C3=O)cc1OC. The topological polar surface area (TPSA) is 71.1 Å². The van der Waals surface area contributed by atoms with Crippen molar-refractivity contribution >= 4 is 17.8 Å².